The van der Waals surface area contributed by atoms with Crippen LogP contribution in [0, 0.1) is 0 Å². The van der Waals surface area contributed by atoms with Crippen molar-refractivity contribution in [3.8, 4) is 0 Å². The first-order valence-corrected chi connectivity index (χ1v) is 7.69. The molecule has 1 aliphatic rings. The van der Waals surface area contributed by atoms with Gasteiger partial charge in [0, 0.05) is 35.1 Å². The van der Waals surface area contributed by atoms with Crippen molar-refractivity contribution in [2.24, 2.45) is 0 Å². The summed E-state index contributed by atoms with van der Waals surface area (Å²) in [6.07, 6.45) is 2.89. The Morgan fingerprint density at radius 3 is 2.91 bits per heavy atom. The molecule has 0 N–H and O–H groups in total. The van der Waals surface area contributed by atoms with Crippen molar-refractivity contribution >= 4 is 22.3 Å². The largest absolute Gasteiger partial charge is 0.337 e. The quantitative estimate of drug-likeness (QED) is 0.673. The Hall–Kier alpha value is -2.61. The maximum Gasteiger partial charge on any atom is 0.0703 e. The molecule has 0 spiro atoms. The number of anilines is 1. The Bertz CT molecular complexity index is 880. The summed E-state index contributed by atoms with van der Waals surface area (Å²) in [5.74, 6) is 0. The first kappa shape index (κ1) is 13.1. The minimum atomic E-state index is 0.893. The van der Waals surface area contributed by atoms with E-state index < -0.39 is 0 Å². The molecule has 0 fully saturated rings. The Balaban J connectivity index is 1.75. The number of aromatic nitrogens is 1. The normalized spacial score (nSPS) is 13.7. The van der Waals surface area contributed by atoms with Gasteiger partial charge >= 0.3 is 0 Å². The van der Waals surface area contributed by atoms with Crippen molar-refractivity contribution in [3.05, 3.63) is 78.0 Å². The topological polar surface area (TPSA) is 16.1 Å². The number of pyridine rings is 1. The molecule has 2 heterocycles. The van der Waals surface area contributed by atoms with Gasteiger partial charge in [0.1, 0.15) is 0 Å². The van der Waals surface area contributed by atoms with Crippen molar-refractivity contribution in [2.75, 3.05) is 4.90 Å². The first-order valence-electron chi connectivity index (χ1n) is 7.69. The third-order valence-electron chi connectivity index (χ3n) is 4.45. The lowest BCUT2D eigenvalue weighted by Crippen LogP contribution is -2.12. The van der Waals surface area contributed by atoms with Crippen LogP contribution in [0.1, 0.15) is 23.6 Å². The summed E-state index contributed by atoms with van der Waals surface area (Å²) in [7, 11) is 0. The van der Waals surface area contributed by atoms with Gasteiger partial charge in [-0.25, -0.2) is 0 Å². The molecule has 108 valence electrons. The summed E-state index contributed by atoms with van der Waals surface area (Å²) >= 11 is 0. The van der Waals surface area contributed by atoms with Gasteiger partial charge in [-0.2, -0.15) is 0 Å². The average molecular weight is 286 g/mol. The van der Waals surface area contributed by atoms with E-state index in [1.54, 1.807) is 0 Å². The zero-order valence-electron chi connectivity index (χ0n) is 12.7. The molecule has 0 bridgehead atoms. The summed E-state index contributed by atoms with van der Waals surface area (Å²) < 4.78 is 0. The summed E-state index contributed by atoms with van der Waals surface area (Å²) in [4.78, 5) is 6.68. The second-order valence-corrected chi connectivity index (χ2v) is 5.76. The van der Waals surface area contributed by atoms with E-state index in [-0.39, 0.29) is 0 Å². The van der Waals surface area contributed by atoms with Gasteiger partial charge in [-0.05, 0) is 47.9 Å². The predicted molar refractivity (Wildman–Crippen MR) is 92.8 cm³/mol. The molecule has 0 atom stereocenters. The standard InChI is InChI=1S/C20H18N2/c1-3-15-6-7-17-13-22(14(2)19(17)11-15)18-8-9-20-16(12-18)5-4-10-21-20/h4-12H,2-3,13H2,1H3. The Morgan fingerprint density at radius 2 is 2.05 bits per heavy atom. The molecule has 1 aliphatic heterocycles. The van der Waals surface area contributed by atoms with Crippen LogP contribution in [0.15, 0.2) is 61.3 Å². The summed E-state index contributed by atoms with van der Waals surface area (Å²) in [5, 5.41) is 1.16. The zero-order chi connectivity index (χ0) is 15.1. The molecule has 4 rings (SSSR count). The van der Waals surface area contributed by atoms with Crippen molar-refractivity contribution < 1.29 is 0 Å². The molecule has 0 saturated carbocycles. The third kappa shape index (κ3) is 2.00. The Labute approximate surface area is 130 Å². The van der Waals surface area contributed by atoms with E-state index in [4.69, 9.17) is 0 Å². The highest BCUT2D eigenvalue weighted by Crippen LogP contribution is 2.37. The average Bonchev–Trinajstić information content (AvgIpc) is 2.90. The number of benzene rings is 2. The van der Waals surface area contributed by atoms with Crippen LogP contribution < -0.4 is 4.90 Å². The second-order valence-electron chi connectivity index (χ2n) is 5.76. The molecular formula is C20H18N2. The molecule has 0 radical (unpaired) electrons. The molecule has 0 aliphatic carbocycles. The highest BCUT2D eigenvalue weighted by Gasteiger charge is 2.23. The van der Waals surface area contributed by atoms with E-state index in [1.807, 2.05) is 12.3 Å². The van der Waals surface area contributed by atoms with E-state index in [0.29, 0.717) is 0 Å². The smallest absolute Gasteiger partial charge is 0.0703 e. The number of rotatable bonds is 2. The number of aryl methyl sites for hydroxylation is 1. The van der Waals surface area contributed by atoms with Crippen molar-refractivity contribution in [3.63, 3.8) is 0 Å². The van der Waals surface area contributed by atoms with E-state index in [1.165, 1.54) is 22.4 Å². The van der Waals surface area contributed by atoms with Gasteiger partial charge in [-0.15, -0.1) is 0 Å². The van der Waals surface area contributed by atoms with E-state index in [2.05, 4.69) is 65.9 Å². The lowest BCUT2D eigenvalue weighted by Gasteiger charge is -2.20. The number of nitrogens with zero attached hydrogens (tertiary/aromatic N) is 2. The van der Waals surface area contributed by atoms with Crippen LogP contribution >= 0.6 is 0 Å². The SMILES string of the molecule is C=C1c2cc(CC)ccc2CN1c1ccc2ncccc2c1. The number of hydrogen-bond donors (Lipinski definition) is 0. The zero-order valence-corrected chi connectivity index (χ0v) is 12.7. The monoisotopic (exact) mass is 286 g/mol. The lowest BCUT2D eigenvalue weighted by atomic mass is 10.0. The van der Waals surface area contributed by atoms with Gasteiger partial charge in [0.15, 0.2) is 0 Å². The Kier molecular flexibility index (Phi) is 2.97. The number of hydrogen-bond acceptors (Lipinski definition) is 2. The van der Waals surface area contributed by atoms with Gasteiger partial charge in [0.25, 0.3) is 0 Å². The van der Waals surface area contributed by atoms with Crippen molar-refractivity contribution in [1.82, 2.24) is 4.98 Å². The predicted octanol–water partition coefficient (Wildman–Crippen LogP) is 4.79. The minimum absolute atomic E-state index is 0.893. The van der Waals surface area contributed by atoms with Crippen LogP contribution in [-0.2, 0) is 13.0 Å². The molecule has 0 unspecified atom stereocenters. The molecular weight excluding hydrogens is 268 g/mol. The number of fused-ring (bicyclic) bond motifs is 2. The molecule has 1 aromatic heterocycles. The fourth-order valence-corrected chi connectivity index (χ4v) is 3.14. The van der Waals surface area contributed by atoms with Gasteiger partial charge in [-0.3, -0.25) is 4.98 Å². The van der Waals surface area contributed by atoms with Gasteiger partial charge in [0.05, 0.1) is 5.52 Å². The maximum absolute atomic E-state index is 4.39. The fraction of sp³-hybridized carbons (Fsp3) is 0.150. The first-order chi connectivity index (χ1) is 10.8. The highest BCUT2D eigenvalue weighted by atomic mass is 15.2. The van der Waals surface area contributed by atoms with E-state index in [9.17, 15) is 0 Å². The van der Waals surface area contributed by atoms with Crippen LogP contribution in [0.4, 0.5) is 5.69 Å². The molecule has 22 heavy (non-hydrogen) atoms. The molecule has 0 amide bonds. The minimum Gasteiger partial charge on any atom is -0.337 e. The molecule has 2 aromatic carbocycles. The molecule has 3 aromatic rings. The van der Waals surface area contributed by atoms with Crippen LogP contribution in [-0.4, -0.2) is 4.98 Å². The van der Waals surface area contributed by atoms with Crippen molar-refractivity contribution in [2.45, 2.75) is 19.9 Å². The van der Waals surface area contributed by atoms with Crippen molar-refractivity contribution in [1.29, 1.82) is 0 Å². The highest BCUT2D eigenvalue weighted by molar-refractivity contribution is 5.89. The summed E-state index contributed by atoms with van der Waals surface area (Å²) in [5.41, 5.74) is 7.30. The van der Waals surface area contributed by atoms with E-state index >= 15 is 0 Å². The van der Waals surface area contributed by atoms with Crippen LogP contribution in [0.2, 0.25) is 0 Å². The van der Waals surface area contributed by atoms with Crippen LogP contribution in [0.3, 0.4) is 0 Å². The fourth-order valence-electron chi connectivity index (χ4n) is 3.14. The van der Waals surface area contributed by atoms with Gasteiger partial charge in [-0.1, -0.05) is 31.7 Å². The second kappa shape index (κ2) is 4.99. The molecule has 2 heteroatoms. The van der Waals surface area contributed by atoms with Gasteiger partial charge in [0.2, 0.25) is 0 Å². The summed E-state index contributed by atoms with van der Waals surface area (Å²) in [6, 6.07) is 17.2. The van der Waals surface area contributed by atoms with E-state index in [0.717, 1.165) is 29.6 Å². The van der Waals surface area contributed by atoms with Crippen LogP contribution in [0.5, 0.6) is 0 Å². The lowest BCUT2D eigenvalue weighted by molar-refractivity contribution is 1.04. The Morgan fingerprint density at radius 1 is 1.14 bits per heavy atom. The van der Waals surface area contributed by atoms with Gasteiger partial charge < -0.3 is 4.90 Å². The van der Waals surface area contributed by atoms with Crippen LogP contribution in [0.25, 0.3) is 16.6 Å². The summed E-state index contributed by atoms with van der Waals surface area (Å²) in [6.45, 7) is 7.40. The maximum atomic E-state index is 4.39. The third-order valence-corrected chi connectivity index (χ3v) is 4.45. The molecule has 2 nitrogen and oxygen atoms in total. The molecule has 0 saturated heterocycles.